The number of aromatic nitrogens is 1. The number of nitrogens with zero attached hydrogens (tertiary/aromatic N) is 1. The number of carbonyl (C=O) groups excluding carboxylic acids is 1. The SMILES string of the molecule is O=C(NC(=S)Nc1ccc(-c2nc3ccccc3s2)c(O)c1)c1ccc(-c2cccc(Cl)c2Cl)o1. The zero-order valence-electron chi connectivity index (χ0n) is 17.7. The highest BCUT2D eigenvalue weighted by Crippen LogP contribution is 2.37. The van der Waals surface area contributed by atoms with Gasteiger partial charge in [-0.1, -0.05) is 41.4 Å². The van der Waals surface area contributed by atoms with E-state index in [0.29, 0.717) is 37.6 Å². The van der Waals surface area contributed by atoms with Gasteiger partial charge in [0, 0.05) is 17.3 Å². The Morgan fingerprint density at radius 2 is 1.83 bits per heavy atom. The molecule has 0 saturated carbocycles. The molecule has 5 aromatic rings. The van der Waals surface area contributed by atoms with E-state index in [9.17, 15) is 9.90 Å². The lowest BCUT2D eigenvalue weighted by Crippen LogP contribution is -2.33. The van der Waals surface area contributed by atoms with Crippen molar-refractivity contribution in [2.24, 2.45) is 0 Å². The Morgan fingerprint density at radius 1 is 1.00 bits per heavy atom. The van der Waals surface area contributed by atoms with E-state index in [-0.39, 0.29) is 16.6 Å². The number of para-hydroxylation sites is 1. The zero-order valence-corrected chi connectivity index (χ0v) is 20.9. The molecule has 0 aliphatic rings. The molecule has 0 spiro atoms. The molecule has 6 nitrogen and oxygen atoms in total. The van der Waals surface area contributed by atoms with Crippen LogP contribution in [0, 0.1) is 0 Å². The summed E-state index contributed by atoms with van der Waals surface area (Å²) in [4.78, 5) is 17.2. The molecule has 0 radical (unpaired) electrons. The van der Waals surface area contributed by atoms with E-state index in [1.54, 1.807) is 36.4 Å². The number of thiazole rings is 1. The number of phenolic OH excluding ortho intramolecular Hbond substituents is 1. The Morgan fingerprint density at radius 3 is 2.63 bits per heavy atom. The highest BCUT2D eigenvalue weighted by atomic mass is 35.5. The van der Waals surface area contributed by atoms with Gasteiger partial charge in [0.1, 0.15) is 16.5 Å². The van der Waals surface area contributed by atoms with Gasteiger partial charge in [-0.25, -0.2) is 4.98 Å². The first-order valence-electron chi connectivity index (χ1n) is 10.2. The van der Waals surface area contributed by atoms with Crippen LogP contribution in [0.5, 0.6) is 5.75 Å². The van der Waals surface area contributed by atoms with Crippen molar-refractivity contribution in [3.63, 3.8) is 0 Å². The van der Waals surface area contributed by atoms with Crippen molar-refractivity contribution >= 4 is 73.7 Å². The predicted octanol–water partition coefficient (Wildman–Crippen LogP) is 7.36. The molecule has 3 N–H and O–H groups in total. The molecule has 10 heteroatoms. The van der Waals surface area contributed by atoms with Gasteiger partial charge >= 0.3 is 0 Å². The number of thiocarbonyl (C=S) groups is 1. The number of nitrogens with one attached hydrogen (secondary N) is 2. The third kappa shape index (κ3) is 4.87. The molecular weight excluding hydrogens is 525 g/mol. The van der Waals surface area contributed by atoms with Crippen molar-refractivity contribution in [2.75, 3.05) is 5.32 Å². The monoisotopic (exact) mass is 539 g/mol. The summed E-state index contributed by atoms with van der Waals surface area (Å²) in [7, 11) is 0. The van der Waals surface area contributed by atoms with Crippen LogP contribution in [0.25, 0.3) is 32.1 Å². The molecule has 0 fully saturated rings. The van der Waals surface area contributed by atoms with Crippen molar-refractivity contribution in [1.82, 2.24) is 10.3 Å². The Labute approximate surface area is 219 Å². The van der Waals surface area contributed by atoms with Crippen LogP contribution in [-0.4, -0.2) is 21.1 Å². The topological polar surface area (TPSA) is 87.4 Å². The standard InChI is InChI=1S/C25H15Cl2N3O3S2/c26-16-5-3-4-15(22(16)27)19-10-11-20(33-19)23(32)30-25(34)28-13-8-9-14(18(31)12-13)24-29-17-6-1-2-7-21(17)35-24/h1-12,31H,(H2,28,30,32,34). The van der Waals surface area contributed by atoms with E-state index < -0.39 is 5.91 Å². The third-order valence-corrected chi connectivity index (χ3v) is 7.15. The Hall–Kier alpha value is -3.43. The van der Waals surface area contributed by atoms with Gasteiger partial charge in [-0.2, -0.15) is 0 Å². The van der Waals surface area contributed by atoms with Crippen molar-refractivity contribution in [1.29, 1.82) is 0 Å². The minimum Gasteiger partial charge on any atom is -0.507 e. The second-order valence-electron chi connectivity index (χ2n) is 7.39. The van der Waals surface area contributed by atoms with Gasteiger partial charge in [0.2, 0.25) is 0 Å². The number of aromatic hydroxyl groups is 1. The van der Waals surface area contributed by atoms with Crippen LogP contribution in [0.3, 0.4) is 0 Å². The highest BCUT2D eigenvalue weighted by molar-refractivity contribution is 7.80. The fraction of sp³-hybridized carbons (Fsp3) is 0. The fourth-order valence-corrected chi connectivity index (χ4v) is 5.01. The lowest BCUT2D eigenvalue weighted by molar-refractivity contribution is 0.0951. The van der Waals surface area contributed by atoms with Crippen LogP contribution in [0.1, 0.15) is 10.6 Å². The van der Waals surface area contributed by atoms with E-state index in [2.05, 4.69) is 15.6 Å². The number of hydrogen-bond donors (Lipinski definition) is 3. The highest BCUT2D eigenvalue weighted by Gasteiger charge is 2.17. The molecular formula is C25H15Cl2N3O3S2. The molecule has 2 heterocycles. The van der Waals surface area contributed by atoms with Gasteiger partial charge in [0.05, 0.1) is 25.8 Å². The van der Waals surface area contributed by atoms with Crippen molar-refractivity contribution in [3.8, 4) is 27.6 Å². The first-order valence-corrected chi connectivity index (χ1v) is 12.2. The van der Waals surface area contributed by atoms with E-state index in [1.807, 2.05) is 24.3 Å². The van der Waals surface area contributed by atoms with Crippen LogP contribution in [-0.2, 0) is 0 Å². The van der Waals surface area contributed by atoms with Crippen LogP contribution >= 0.6 is 46.8 Å². The van der Waals surface area contributed by atoms with Gasteiger partial charge in [-0.05, 0) is 60.7 Å². The van der Waals surface area contributed by atoms with Crippen molar-refractivity contribution < 1.29 is 14.3 Å². The van der Waals surface area contributed by atoms with Gasteiger partial charge < -0.3 is 14.8 Å². The lowest BCUT2D eigenvalue weighted by atomic mass is 10.2. The van der Waals surface area contributed by atoms with E-state index in [1.165, 1.54) is 23.5 Å². The molecule has 0 aliphatic heterocycles. The smallest absolute Gasteiger partial charge is 0.293 e. The van der Waals surface area contributed by atoms with Crippen LogP contribution in [0.2, 0.25) is 10.0 Å². The summed E-state index contributed by atoms with van der Waals surface area (Å²) in [5, 5.41) is 17.5. The Kier molecular flexibility index (Phi) is 6.44. The van der Waals surface area contributed by atoms with E-state index in [4.69, 9.17) is 39.8 Å². The molecule has 0 atom stereocenters. The third-order valence-electron chi connectivity index (χ3n) is 5.05. The van der Waals surface area contributed by atoms with E-state index >= 15 is 0 Å². The van der Waals surface area contributed by atoms with Crippen LogP contribution in [0.4, 0.5) is 5.69 Å². The molecule has 1 amide bonds. The molecule has 174 valence electrons. The average molecular weight is 540 g/mol. The Bertz CT molecular complexity index is 1560. The number of amides is 1. The van der Waals surface area contributed by atoms with Gasteiger partial charge in [0.15, 0.2) is 10.9 Å². The summed E-state index contributed by atoms with van der Waals surface area (Å²) in [6.45, 7) is 0. The number of anilines is 1. The summed E-state index contributed by atoms with van der Waals surface area (Å²) in [5.74, 6) is -0.0504. The first-order chi connectivity index (χ1) is 16.9. The molecule has 0 saturated heterocycles. The zero-order chi connectivity index (χ0) is 24.5. The summed E-state index contributed by atoms with van der Waals surface area (Å²) in [6, 6.07) is 21.1. The molecule has 35 heavy (non-hydrogen) atoms. The van der Waals surface area contributed by atoms with Gasteiger partial charge in [-0.15, -0.1) is 11.3 Å². The average Bonchev–Trinajstić information content (AvgIpc) is 3.48. The summed E-state index contributed by atoms with van der Waals surface area (Å²) >= 11 is 19.0. The largest absolute Gasteiger partial charge is 0.507 e. The number of carbonyl (C=O) groups is 1. The quantitative estimate of drug-likeness (QED) is 0.207. The number of phenols is 1. The normalized spacial score (nSPS) is 10.9. The van der Waals surface area contributed by atoms with E-state index in [0.717, 1.165) is 10.2 Å². The second kappa shape index (κ2) is 9.67. The maximum absolute atomic E-state index is 12.6. The molecule has 0 unspecified atom stereocenters. The van der Waals surface area contributed by atoms with Gasteiger partial charge in [0.25, 0.3) is 5.91 Å². The van der Waals surface area contributed by atoms with Crippen molar-refractivity contribution in [3.05, 3.63) is 88.6 Å². The number of benzene rings is 3. The minimum absolute atomic E-state index is 0.0391. The van der Waals surface area contributed by atoms with Gasteiger partial charge in [-0.3, -0.25) is 10.1 Å². The molecule has 2 aromatic heterocycles. The maximum Gasteiger partial charge on any atom is 0.293 e. The number of fused-ring (bicyclic) bond motifs is 1. The Balaban J connectivity index is 1.26. The summed E-state index contributed by atoms with van der Waals surface area (Å²) < 4.78 is 6.67. The van der Waals surface area contributed by atoms with Crippen LogP contribution < -0.4 is 10.6 Å². The lowest BCUT2D eigenvalue weighted by Gasteiger charge is -2.10. The second-order valence-corrected chi connectivity index (χ2v) is 9.62. The first kappa shape index (κ1) is 23.3. The van der Waals surface area contributed by atoms with Crippen LogP contribution in [0.15, 0.2) is 77.2 Å². The number of rotatable bonds is 4. The number of halogens is 2. The fourth-order valence-electron chi connectivity index (χ4n) is 3.40. The minimum atomic E-state index is -0.540. The molecule has 0 aliphatic carbocycles. The number of furan rings is 1. The molecule has 5 rings (SSSR count). The summed E-state index contributed by atoms with van der Waals surface area (Å²) in [5.41, 5.74) is 2.55. The number of hydrogen-bond acceptors (Lipinski definition) is 6. The van der Waals surface area contributed by atoms with Crippen molar-refractivity contribution in [2.45, 2.75) is 0 Å². The molecule has 0 bridgehead atoms. The predicted molar refractivity (Wildman–Crippen MR) is 145 cm³/mol. The maximum atomic E-state index is 12.6. The molecule has 3 aromatic carbocycles. The summed E-state index contributed by atoms with van der Waals surface area (Å²) in [6.07, 6.45) is 0.